The first-order valence-electron chi connectivity index (χ1n) is 6.29. The molecule has 2 heterocycles. The van der Waals surface area contributed by atoms with Gasteiger partial charge in [-0.25, -0.2) is 4.98 Å². The molecule has 2 rings (SSSR count). The molecule has 0 radical (unpaired) electrons. The van der Waals surface area contributed by atoms with Crippen molar-refractivity contribution in [3.8, 4) is 0 Å². The topological polar surface area (TPSA) is 63.2 Å². The smallest absolute Gasteiger partial charge is 0.233 e. The lowest BCUT2D eigenvalue weighted by Crippen LogP contribution is -2.47. The summed E-state index contributed by atoms with van der Waals surface area (Å²) in [6.45, 7) is 2.08. The molecule has 0 bridgehead atoms. The molecule has 0 atom stereocenters. The number of hydrogen-bond acceptors (Lipinski definition) is 4. The predicted octanol–water partition coefficient (Wildman–Crippen LogP) is 1.69. The SMILES string of the molecule is COCC1(C(=O)Nc2ccnc(Cl)c2)CCNCC1. The average Bonchev–Trinajstić information content (AvgIpc) is 2.40. The summed E-state index contributed by atoms with van der Waals surface area (Å²) in [5, 5.41) is 6.53. The van der Waals surface area contributed by atoms with Crippen LogP contribution in [0.25, 0.3) is 0 Å². The molecule has 1 aliphatic rings. The molecule has 0 aromatic carbocycles. The lowest BCUT2D eigenvalue weighted by Gasteiger charge is -2.35. The molecule has 0 aliphatic carbocycles. The highest BCUT2D eigenvalue weighted by Crippen LogP contribution is 2.31. The van der Waals surface area contributed by atoms with Crippen LogP contribution in [0.5, 0.6) is 0 Å². The molecule has 0 spiro atoms. The third-order valence-corrected chi connectivity index (χ3v) is 3.65. The van der Waals surface area contributed by atoms with Gasteiger partial charge in [0.2, 0.25) is 5.91 Å². The standard InChI is InChI=1S/C13H18ClN3O2/c1-19-9-13(3-6-15-7-4-13)12(18)17-10-2-5-16-11(14)8-10/h2,5,8,15H,3-4,6-7,9H2,1H3,(H,16,17,18). The maximum Gasteiger partial charge on any atom is 0.233 e. The minimum Gasteiger partial charge on any atom is -0.384 e. The number of anilines is 1. The molecular weight excluding hydrogens is 266 g/mol. The third kappa shape index (κ3) is 3.43. The Kier molecular flexibility index (Phi) is 4.74. The highest BCUT2D eigenvalue weighted by Gasteiger charge is 2.39. The van der Waals surface area contributed by atoms with Crippen LogP contribution in [-0.4, -0.2) is 37.7 Å². The van der Waals surface area contributed by atoms with E-state index in [0.29, 0.717) is 17.4 Å². The fourth-order valence-corrected chi connectivity index (χ4v) is 2.54. The highest BCUT2D eigenvalue weighted by atomic mass is 35.5. The molecule has 104 valence electrons. The Morgan fingerprint density at radius 1 is 1.58 bits per heavy atom. The zero-order valence-corrected chi connectivity index (χ0v) is 11.7. The van der Waals surface area contributed by atoms with Crippen molar-refractivity contribution in [1.82, 2.24) is 10.3 Å². The Hall–Kier alpha value is -1.17. The number of hydrogen-bond donors (Lipinski definition) is 2. The van der Waals surface area contributed by atoms with Crippen LogP contribution < -0.4 is 10.6 Å². The van der Waals surface area contributed by atoms with Crippen LogP contribution >= 0.6 is 11.6 Å². The van der Waals surface area contributed by atoms with E-state index < -0.39 is 5.41 Å². The zero-order chi connectivity index (χ0) is 13.7. The van der Waals surface area contributed by atoms with Gasteiger partial charge in [-0.3, -0.25) is 4.79 Å². The Labute approximate surface area is 117 Å². The second-order valence-corrected chi connectivity index (χ2v) is 5.17. The molecule has 1 fully saturated rings. The molecule has 0 saturated carbocycles. The van der Waals surface area contributed by atoms with E-state index in [1.165, 1.54) is 0 Å². The summed E-state index contributed by atoms with van der Waals surface area (Å²) in [7, 11) is 1.63. The van der Waals surface area contributed by atoms with Gasteiger partial charge in [-0.15, -0.1) is 0 Å². The number of halogens is 1. The Bertz CT molecular complexity index is 442. The number of carbonyl (C=O) groups excluding carboxylic acids is 1. The van der Waals surface area contributed by atoms with Crippen LogP contribution in [0.15, 0.2) is 18.3 Å². The van der Waals surface area contributed by atoms with E-state index in [2.05, 4.69) is 15.6 Å². The molecule has 5 nitrogen and oxygen atoms in total. The molecule has 1 aromatic heterocycles. The van der Waals surface area contributed by atoms with Crippen molar-refractivity contribution >= 4 is 23.2 Å². The number of amides is 1. The monoisotopic (exact) mass is 283 g/mol. The molecule has 1 amide bonds. The van der Waals surface area contributed by atoms with Crippen LogP contribution in [0.4, 0.5) is 5.69 Å². The fourth-order valence-electron chi connectivity index (χ4n) is 2.36. The predicted molar refractivity (Wildman–Crippen MR) is 74.3 cm³/mol. The molecule has 1 aliphatic heterocycles. The number of methoxy groups -OCH3 is 1. The van der Waals surface area contributed by atoms with E-state index in [1.54, 1.807) is 25.4 Å². The van der Waals surface area contributed by atoms with Crippen molar-refractivity contribution in [3.63, 3.8) is 0 Å². The highest BCUT2D eigenvalue weighted by molar-refractivity contribution is 6.29. The molecular formula is C13H18ClN3O2. The van der Waals surface area contributed by atoms with Gasteiger partial charge in [0.15, 0.2) is 0 Å². The average molecular weight is 284 g/mol. The number of aromatic nitrogens is 1. The number of rotatable bonds is 4. The van der Waals surface area contributed by atoms with Crippen molar-refractivity contribution in [3.05, 3.63) is 23.5 Å². The molecule has 6 heteroatoms. The van der Waals surface area contributed by atoms with Crippen LogP contribution in [-0.2, 0) is 9.53 Å². The molecule has 1 saturated heterocycles. The second kappa shape index (κ2) is 6.32. The summed E-state index contributed by atoms with van der Waals surface area (Å²) in [6, 6.07) is 3.37. The summed E-state index contributed by atoms with van der Waals surface area (Å²) >= 11 is 5.81. The largest absolute Gasteiger partial charge is 0.384 e. The minimum absolute atomic E-state index is 0.0156. The van der Waals surface area contributed by atoms with Gasteiger partial charge < -0.3 is 15.4 Å². The van der Waals surface area contributed by atoms with Crippen molar-refractivity contribution in [2.24, 2.45) is 5.41 Å². The summed E-state index contributed by atoms with van der Waals surface area (Å²) in [6.07, 6.45) is 3.11. The first kappa shape index (κ1) is 14.2. The van der Waals surface area contributed by atoms with Gasteiger partial charge in [0, 0.05) is 19.0 Å². The summed E-state index contributed by atoms with van der Waals surface area (Å²) in [5.74, 6) is -0.0156. The van der Waals surface area contributed by atoms with Crippen LogP contribution in [0.1, 0.15) is 12.8 Å². The molecule has 1 aromatic rings. The lowest BCUT2D eigenvalue weighted by atomic mass is 9.78. The van der Waals surface area contributed by atoms with Crippen LogP contribution in [0.2, 0.25) is 5.15 Å². The van der Waals surface area contributed by atoms with E-state index in [1.807, 2.05) is 0 Å². The van der Waals surface area contributed by atoms with Crippen LogP contribution in [0, 0.1) is 5.41 Å². The number of ether oxygens (including phenoxy) is 1. The van der Waals surface area contributed by atoms with Gasteiger partial charge in [-0.1, -0.05) is 11.6 Å². The number of carbonyl (C=O) groups is 1. The van der Waals surface area contributed by atoms with E-state index >= 15 is 0 Å². The van der Waals surface area contributed by atoms with Crippen LogP contribution in [0.3, 0.4) is 0 Å². The van der Waals surface area contributed by atoms with Gasteiger partial charge in [0.25, 0.3) is 0 Å². The molecule has 19 heavy (non-hydrogen) atoms. The summed E-state index contributed by atoms with van der Waals surface area (Å²) in [5.41, 5.74) is 0.203. The Morgan fingerprint density at radius 2 is 2.32 bits per heavy atom. The van der Waals surface area contributed by atoms with Crippen molar-refractivity contribution in [1.29, 1.82) is 0 Å². The van der Waals surface area contributed by atoms with E-state index in [0.717, 1.165) is 25.9 Å². The number of nitrogens with one attached hydrogen (secondary N) is 2. The Balaban J connectivity index is 2.11. The summed E-state index contributed by atoms with van der Waals surface area (Å²) in [4.78, 5) is 16.4. The third-order valence-electron chi connectivity index (χ3n) is 3.45. The second-order valence-electron chi connectivity index (χ2n) is 4.78. The van der Waals surface area contributed by atoms with E-state index in [4.69, 9.17) is 16.3 Å². The van der Waals surface area contributed by atoms with Crippen molar-refractivity contribution in [2.75, 3.05) is 32.1 Å². The number of nitrogens with zero attached hydrogens (tertiary/aromatic N) is 1. The summed E-state index contributed by atoms with van der Waals surface area (Å²) < 4.78 is 5.24. The zero-order valence-electron chi connectivity index (χ0n) is 10.9. The van der Waals surface area contributed by atoms with Gasteiger partial charge in [0.1, 0.15) is 5.15 Å². The lowest BCUT2D eigenvalue weighted by molar-refractivity contribution is -0.130. The van der Waals surface area contributed by atoms with Gasteiger partial charge in [0.05, 0.1) is 12.0 Å². The maximum atomic E-state index is 12.5. The van der Waals surface area contributed by atoms with Gasteiger partial charge in [-0.2, -0.15) is 0 Å². The number of pyridine rings is 1. The fraction of sp³-hybridized carbons (Fsp3) is 0.538. The maximum absolute atomic E-state index is 12.5. The normalized spacial score (nSPS) is 18.0. The first-order chi connectivity index (χ1) is 9.16. The van der Waals surface area contributed by atoms with E-state index in [-0.39, 0.29) is 5.91 Å². The van der Waals surface area contributed by atoms with Crippen molar-refractivity contribution in [2.45, 2.75) is 12.8 Å². The van der Waals surface area contributed by atoms with E-state index in [9.17, 15) is 4.79 Å². The van der Waals surface area contributed by atoms with Gasteiger partial charge >= 0.3 is 0 Å². The molecule has 0 unspecified atom stereocenters. The van der Waals surface area contributed by atoms with Gasteiger partial charge in [-0.05, 0) is 38.1 Å². The number of piperidine rings is 1. The minimum atomic E-state index is -0.463. The Morgan fingerprint density at radius 3 is 2.95 bits per heavy atom. The quantitative estimate of drug-likeness (QED) is 0.826. The first-order valence-corrected chi connectivity index (χ1v) is 6.67. The van der Waals surface area contributed by atoms with Crippen molar-refractivity contribution < 1.29 is 9.53 Å². The molecule has 2 N–H and O–H groups in total.